The molecule has 1 amide bonds. The lowest BCUT2D eigenvalue weighted by molar-refractivity contribution is -0.121. The van der Waals surface area contributed by atoms with E-state index >= 15 is 0 Å². The number of halogens is 2. The van der Waals surface area contributed by atoms with Crippen LogP contribution < -0.4 is 5.32 Å². The van der Waals surface area contributed by atoms with Crippen molar-refractivity contribution in [2.75, 3.05) is 6.54 Å². The van der Waals surface area contributed by atoms with E-state index < -0.39 is 11.6 Å². The number of carbonyl (C=O) groups is 1. The molecule has 1 aromatic carbocycles. The van der Waals surface area contributed by atoms with E-state index in [2.05, 4.69) is 12.2 Å². The van der Waals surface area contributed by atoms with Crippen molar-refractivity contribution in [2.45, 2.75) is 77.6 Å². The van der Waals surface area contributed by atoms with Crippen LogP contribution in [0, 0.1) is 11.6 Å². The Balaban J connectivity index is 1.98. The van der Waals surface area contributed by atoms with Crippen molar-refractivity contribution in [1.82, 2.24) is 5.32 Å². The Morgan fingerprint density at radius 1 is 0.958 bits per heavy atom. The highest BCUT2D eigenvalue weighted by atomic mass is 19.1. The maximum Gasteiger partial charge on any atom is 0.220 e. The summed E-state index contributed by atoms with van der Waals surface area (Å²) in [5, 5.41) is 2.80. The normalized spacial score (nSPS) is 10.8. The maximum absolute atomic E-state index is 13.4. The molecule has 2 nitrogen and oxygen atoms in total. The predicted octanol–water partition coefficient (Wildman–Crippen LogP) is 5.54. The van der Waals surface area contributed by atoms with Crippen molar-refractivity contribution in [3.8, 4) is 0 Å². The minimum absolute atomic E-state index is 0.0143. The van der Waals surface area contributed by atoms with Gasteiger partial charge < -0.3 is 5.32 Å². The maximum atomic E-state index is 13.4. The first kappa shape index (κ1) is 20.6. The molecule has 1 rings (SSSR count). The Morgan fingerprint density at radius 3 is 2.21 bits per heavy atom. The van der Waals surface area contributed by atoms with Crippen LogP contribution in [0.5, 0.6) is 0 Å². The van der Waals surface area contributed by atoms with Crippen molar-refractivity contribution in [3.05, 3.63) is 35.4 Å². The fraction of sp³-hybridized carbons (Fsp3) is 0.650. The molecule has 0 aliphatic carbocycles. The number of amides is 1. The van der Waals surface area contributed by atoms with E-state index in [0.29, 0.717) is 24.9 Å². The Hall–Kier alpha value is -1.45. The SMILES string of the molecule is CCCCCCCCCCCC(=O)NCCc1ccc(F)cc1F. The topological polar surface area (TPSA) is 29.1 Å². The first-order chi connectivity index (χ1) is 11.6. The highest BCUT2D eigenvalue weighted by molar-refractivity contribution is 5.75. The van der Waals surface area contributed by atoms with Gasteiger partial charge in [-0.2, -0.15) is 0 Å². The molecule has 0 fully saturated rings. The van der Waals surface area contributed by atoms with Crippen LogP contribution in [0.3, 0.4) is 0 Å². The van der Waals surface area contributed by atoms with E-state index in [0.717, 1.165) is 18.9 Å². The van der Waals surface area contributed by atoms with Crippen LogP contribution in [0.2, 0.25) is 0 Å². The molecule has 1 N–H and O–H groups in total. The molecule has 0 aromatic heterocycles. The van der Waals surface area contributed by atoms with E-state index in [9.17, 15) is 13.6 Å². The second-order valence-electron chi connectivity index (χ2n) is 6.41. The zero-order valence-corrected chi connectivity index (χ0v) is 14.9. The number of unbranched alkanes of at least 4 members (excludes halogenated alkanes) is 8. The summed E-state index contributed by atoms with van der Waals surface area (Å²) < 4.78 is 26.2. The van der Waals surface area contributed by atoms with Gasteiger partial charge in [0.05, 0.1) is 0 Å². The van der Waals surface area contributed by atoms with E-state index in [1.165, 1.54) is 57.1 Å². The Morgan fingerprint density at radius 2 is 1.58 bits per heavy atom. The average molecular weight is 339 g/mol. The van der Waals surface area contributed by atoms with E-state index in [1.54, 1.807) is 0 Å². The molecule has 0 aliphatic rings. The van der Waals surface area contributed by atoms with Crippen LogP contribution in [0.15, 0.2) is 18.2 Å². The van der Waals surface area contributed by atoms with Gasteiger partial charge in [0.2, 0.25) is 5.91 Å². The monoisotopic (exact) mass is 339 g/mol. The molecule has 0 unspecified atom stereocenters. The summed E-state index contributed by atoms with van der Waals surface area (Å²) in [5.74, 6) is -1.12. The highest BCUT2D eigenvalue weighted by Gasteiger charge is 2.05. The van der Waals surface area contributed by atoms with Crippen LogP contribution in [0.4, 0.5) is 8.78 Å². The van der Waals surface area contributed by atoms with Gasteiger partial charge in [0.15, 0.2) is 0 Å². The molecule has 0 spiro atoms. The summed E-state index contributed by atoms with van der Waals surface area (Å²) in [6.07, 6.45) is 12.0. The second kappa shape index (κ2) is 12.9. The molecule has 24 heavy (non-hydrogen) atoms. The Bertz CT molecular complexity index is 477. The van der Waals surface area contributed by atoms with Crippen molar-refractivity contribution in [1.29, 1.82) is 0 Å². The van der Waals surface area contributed by atoms with Crippen molar-refractivity contribution >= 4 is 5.91 Å². The smallest absolute Gasteiger partial charge is 0.220 e. The molecule has 0 aliphatic heterocycles. The van der Waals surface area contributed by atoms with Crippen molar-refractivity contribution in [3.63, 3.8) is 0 Å². The fourth-order valence-corrected chi connectivity index (χ4v) is 2.75. The van der Waals surface area contributed by atoms with Gasteiger partial charge in [0.25, 0.3) is 0 Å². The second-order valence-corrected chi connectivity index (χ2v) is 6.41. The van der Waals surface area contributed by atoms with Crippen LogP contribution in [-0.2, 0) is 11.2 Å². The highest BCUT2D eigenvalue weighted by Crippen LogP contribution is 2.11. The van der Waals surface area contributed by atoms with Gasteiger partial charge in [0, 0.05) is 19.0 Å². The molecule has 0 atom stereocenters. The number of benzene rings is 1. The summed E-state index contributed by atoms with van der Waals surface area (Å²) in [6.45, 7) is 2.61. The summed E-state index contributed by atoms with van der Waals surface area (Å²) in [7, 11) is 0. The molecule has 0 heterocycles. The molecular formula is C20H31F2NO. The van der Waals surface area contributed by atoms with Gasteiger partial charge in [-0.15, -0.1) is 0 Å². The number of hydrogen-bond acceptors (Lipinski definition) is 1. The van der Waals surface area contributed by atoms with Crippen LogP contribution in [-0.4, -0.2) is 12.5 Å². The third kappa shape index (κ3) is 9.64. The van der Waals surface area contributed by atoms with Gasteiger partial charge in [-0.3, -0.25) is 4.79 Å². The van der Waals surface area contributed by atoms with Crippen LogP contribution in [0.1, 0.15) is 76.7 Å². The van der Waals surface area contributed by atoms with E-state index in [-0.39, 0.29) is 5.91 Å². The lowest BCUT2D eigenvalue weighted by Crippen LogP contribution is -2.25. The fourth-order valence-electron chi connectivity index (χ4n) is 2.75. The molecular weight excluding hydrogens is 308 g/mol. The third-order valence-corrected chi connectivity index (χ3v) is 4.24. The first-order valence-electron chi connectivity index (χ1n) is 9.34. The summed E-state index contributed by atoms with van der Waals surface area (Å²) in [5.41, 5.74) is 0.430. The number of carbonyl (C=O) groups excluding carboxylic acids is 1. The molecule has 1 aromatic rings. The number of rotatable bonds is 13. The molecule has 136 valence electrons. The lowest BCUT2D eigenvalue weighted by Gasteiger charge is -2.06. The van der Waals surface area contributed by atoms with Gasteiger partial charge in [-0.05, 0) is 24.5 Å². The zero-order valence-electron chi connectivity index (χ0n) is 14.9. The number of hydrogen-bond donors (Lipinski definition) is 1. The standard InChI is InChI=1S/C20H31F2NO/c1-2-3-4-5-6-7-8-9-10-11-20(24)23-15-14-17-12-13-18(21)16-19(17)22/h12-13,16H,2-11,14-15H2,1H3,(H,23,24). The lowest BCUT2D eigenvalue weighted by atomic mass is 10.1. The van der Waals surface area contributed by atoms with Crippen molar-refractivity contribution < 1.29 is 13.6 Å². The zero-order chi connectivity index (χ0) is 17.6. The number of nitrogens with one attached hydrogen (secondary N) is 1. The minimum atomic E-state index is -0.578. The predicted molar refractivity (Wildman–Crippen MR) is 94.9 cm³/mol. The van der Waals surface area contributed by atoms with Gasteiger partial charge >= 0.3 is 0 Å². The van der Waals surface area contributed by atoms with E-state index in [1.807, 2.05) is 0 Å². The van der Waals surface area contributed by atoms with Crippen LogP contribution in [0.25, 0.3) is 0 Å². The summed E-state index contributed by atoms with van der Waals surface area (Å²) in [4.78, 5) is 11.7. The van der Waals surface area contributed by atoms with Crippen molar-refractivity contribution in [2.24, 2.45) is 0 Å². The average Bonchev–Trinajstić information content (AvgIpc) is 2.55. The Labute approximate surface area is 145 Å². The van der Waals surface area contributed by atoms with Gasteiger partial charge in [0.1, 0.15) is 11.6 Å². The third-order valence-electron chi connectivity index (χ3n) is 4.24. The summed E-state index contributed by atoms with van der Waals surface area (Å²) in [6, 6.07) is 3.54. The van der Waals surface area contributed by atoms with Gasteiger partial charge in [-0.25, -0.2) is 8.78 Å². The molecule has 0 radical (unpaired) electrons. The first-order valence-corrected chi connectivity index (χ1v) is 9.34. The minimum Gasteiger partial charge on any atom is -0.356 e. The van der Waals surface area contributed by atoms with Crippen LogP contribution >= 0.6 is 0 Å². The molecule has 4 heteroatoms. The molecule has 0 bridgehead atoms. The van der Waals surface area contributed by atoms with Gasteiger partial charge in [-0.1, -0.05) is 64.4 Å². The largest absolute Gasteiger partial charge is 0.356 e. The quantitative estimate of drug-likeness (QED) is 0.469. The molecule has 0 saturated heterocycles. The Kier molecular flexibility index (Phi) is 11.1. The summed E-state index contributed by atoms with van der Waals surface area (Å²) >= 11 is 0. The van der Waals surface area contributed by atoms with E-state index in [4.69, 9.17) is 0 Å². The molecule has 0 saturated carbocycles.